The van der Waals surface area contributed by atoms with Gasteiger partial charge in [0.25, 0.3) is 5.89 Å². The second-order valence-electron chi connectivity index (χ2n) is 8.43. The molecule has 4 heterocycles. The van der Waals surface area contributed by atoms with E-state index < -0.39 is 0 Å². The average Bonchev–Trinajstić information content (AvgIpc) is 3.57. The molecule has 0 unspecified atom stereocenters. The van der Waals surface area contributed by atoms with Crippen LogP contribution in [0.4, 0.5) is 5.69 Å². The summed E-state index contributed by atoms with van der Waals surface area (Å²) in [6.45, 7) is 2.03. The van der Waals surface area contributed by atoms with Gasteiger partial charge in [0.2, 0.25) is 24.4 Å². The fourth-order valence-electron chi connectivity index (χ4n) is 4.52. The third-order valence-electron chi connectivity index (χ3n) is 6.17. The number of nitrogens with zero attached hydrogens (tertiary/aromatic N) is 5. The standard InChI is InChI=1S/C24H21N5O5/c1-14-10-15-4-2-3-5-18(15)29(14)22(31)12-28-21(30)9-7-17(26-28)24-25-23(27-34-24)16-6-8-19-20(11-16)33-13-32-19/h2-6,8,11,14H,7,9-10,12-13H2,1H3/t14-/m1/s1. The maximum atomic E-state index is 13.1. The molecular formula is C24H21N5O5. The molecule has 2 aromatic carbocycles. The van der Waals surface area contributed by atoms with Crippen LogP contribution in [0.2, 0.25) is 0 Å². The van der Waals surface area contributed by atoms with Gasteiger partial charge in [0.05, 0.1) is 0 Å². The second kappa shape index (κ2) is 7.98. The van der Waals surface area contributed by atoms with Crippen molar-refractivity contribution in [2.75, 3.05) is 18.2 Å². The molecule has 0 spiro atoms. The maximum Gasteiger partial charge on any atom is 0.274 e. The first-order valence-corrected chi connectivity index (χ1v) is 11.1. The fraction of sp³-hybridized carbons (Fsp3) is 0.292. The van der Waals surface area contributed by atoms with Gasteiger partial charge < -0.3 is 18.9 Å². The molecule has 0 bridgehead atoms. The number of benzene rings is 2. The van der Waals surface area contributed by atoms with Crippen molar-refractivity contribution in [3.05, 3.63) is 53.9 Å². The molecule has 0 aliphatic carbocycles. The van der Waals surface area contributed by atoms with E-state index in [1.165, 1.54) is 5.01 Å². The summed E-state index contributed by atoms with van der Waals surface area (Å²) in [6, 6.07) is 13.2. The highest BCUT2D eigenvalue weighted by Crippen LogP contribution is 2.35. The zero-order valence-electron chi connectivity index (χ0n) is 18.4. The summed E-state index contributed by atoms with van der Waals surface area (Å²) in [5.41, 5.74) is 3.19. The lowest BCUT2D eigenvalue weighted by Crippen LogP contribution is -2.44. The van der Waals surface area contributed by atoms with Crippen LogP contribution < -0.4 is 14.4 Å². The Morgan fingerprint density at radius 1 is 1.12 bits per heavy atom. The van der Waals surface area contributed by atoms with Crippen molar-refractivity contribution in [1.29, 1.82) is 0 Å². The molecule has 1 atom stereocenters. The molecule has 10 nitrogen and oxygen atoms in total. The van der Waals surface area contributed by atoms with Crippen LogP contribution in [0.15, 0.2) is 52.1 Å². The van der Waals surface area contributed by atoms with Crippen LogP contribution in [-0.4, -0.2) is 52.1 Å². The van der Waals surface area contributed by atoms with E-state index in [1.807, 2.05) is 37.3 Å². The van der Waals surface area contributed by atoms with Gasteiger partial charge in [-0.15, -0.1) is 0 Å². The number of hydrogen-bond acceptors (Lipinski definition) is 8. The first kappa shape index (κ1) is 20.4. The van der Waals surface area contributed by atoms with E-state index in [1.54, 1.807) is 17.0 Å². The van der Waals surface area contributed by atoms with Crippen molar-refractivity contribution in [3.63, 3.8) is 0 Å². The van der Waals surface area contributed by atoms with E-state index >= 15 is 0 Å². The zero-order valence-corrected chi connectivity index (χ0v) is 18.4. The predicted octanol–water partition coefficient (Wildman–Crippen LogP) is 2.77. The van der Waals surface area contributed by atoms with E-state index in [0.717, 1.165) is 17.7 Å². The molecule has 172 valence electrons. The Bertz CT molecular complexity index is 1330. The summed E-state index contributed by atoms with van der Waals surface area (Å²) in [5, 5.41) is 9.66. The number of aromatic nitrogens is 2. The lowest BCUT2D eigenvalue weighted by molar-refractivity contribution is -0.135. The molecule has 6 rings (SSSR count). The van der Waals surface area contributed by atoms with Crippen molar-refractivity contribution < 1.29 is 23.6 Å². The Morgan fingerprint density at radius 3 is 2.88 bits per heavy atom. The molecule has 3 aliphatic rings. The lowest BCUT2D eigenvalue weighted by atomic mass is 10.1. The van der Waals surface area contributed by atoms with Crippen LogP contribution in [0.3, 0.4) is 0 Å². The zero-order chi connectivity index (χ0) is 23.2. The van der Waals surface area contributed by atoms with E-state index in [9.17, 15) is 9.59 Å². The van der Waals surface area contributed by atoms with Gasteiger partial charge in [0.15, 0.2) is 11.5 Å². The van der Waals surface area contributed by atoms with Crippen LogP contribution in [-0.2, 0) is 16.0 Å². The maximum absolute atomic E-state index is 13.1. The van der Waals surface area contributed by atoms with Crippen LogP contribution >= 0.6 is 0 Å². The number of amides is 2. The predicted molar refractivity (Wildman–Crippen MR) is 120 cm³/mol. The lowest BCUT2D eigenvalue weighted by Gasteiger charge is -2.27. The third-order valence-corrected chi connectivity index (χ3v) is 6.17. The molecule has 2 amide bonds. The molecule has 10 heteroatoms. The van der Waals surface area contributed by atoms with Gasteiger partial charge in [0, 0.05) is 30.1 Å². The van der Waals surface area contributed by atoms with Gasteiger partial charge in [-0.05, 0) is 43.2 Å². The molecule has 0 saturated heterocycles. The van der Waals surface area contributed by atoms with Gasteiger partial charge in [0.1, 0.15) is 12.3 Å². The molecule has 0 N–H and O–H groups in total. The number of ether oxygens (including phenoxy) is 2. The Hall–Kier alpha value is -4.21. The SMILES string of the molecule is C[C@@H]1Cc2ccccc2N1C(=O)CN1N=C(c2nc(-c3ccc4c(c3)OCO4)no2)CCC1=O. The van der Waals surface area contributed by atoms with Gasteiger partial charge in [-0.25, -0.2) is 5.01 Å². The minimum atomic E-state index is -0.215. The molecular weight excluding hydrogens is 438 g/mol. The highest BCUT2D eigenvalue weighted by molar-refractivity contribution is 6.03. The Labute approximate surface area is 194 Å². The van der Waals surface area contributed by atoms with Crippen LogP contribution in [0, 0.1) is 0 Å². The Morgan fingerprint density at radius 2 is 1.97 bits per heavy atom. The summed E-state index contributed by atoms with van der Waals surface area (Å²) in [4.78, 5) is 31.9. The van der Waals surface area contributed by atoms with Gasteiger partial charge >= 0.3 is 0 Å². The molecule has 0 saturated carbocycles. The minimum absolute atomic E-state index is 0.0217. The van der Waals surface area contributed by atoms with Crippen LogP contribution in [0.25, 0.3) is 11.4 Å². The topological polar surface area (TPSA) is 110 Å². The van der Waals surface area contributed by atoms with Gasteiger partial charge in [-0.3, -0.25) is 9.59 Å². The Balaban J connectivity index is 1.22. The quantitative estimate of drug-likeness (QED) is 0.590. The molecule has 0 fully saturated rings. The minimum Gasteiger partial charge on any atom is -0.454 e. The van der Waals surface area contributed by atoms with Gasteiger partial charge in [-0.1, -0.05) is 23.4 Å². The number of carbonyl (C=O) groups excluding carboxylic acids is 2. The van der Waals surface area contributed by atoms with Crippen LogP contribution in [0.5, 0.6) is 11.5 Å². The monoisotopic (exact) mass is 459 g/mol. The van der Waals surface area contributed by atoms with Crippen LogP contribution in [0.1, 0.15) is 31.2 Å². The second-order valence-corrected chi connectivity index (χ2v) is 8.43. The highest BCUT2D eigenvalue weighted by atomic mass is 16.7. The van der Waals surface area contributed by atoms with Gasteiger partial charge in [-0.2, -0.15) is 10.1 Å². The Kier molecular flexibility index (Phi) is 4.79. The largest absolute Gasteiger partial charge is 0.454 e. The highest BCUT2D eigenvalue weighted by Gasteiger charge is 2.33. The average molecular weight is 459 g/mol. The van der Waals surface area contributed by atoms with Crippen molar-refractivity contribution in [3.8, 4) is 22.9 Å². The number of hydrogen-bond donors (Lipinski definition) is 0. The summed E-state index contributed by atoms with van der Waals surface area (Å²) >= 11 is 0. The fourth-order valence-corrected chi connectivity index (χ4v) is 4.52. The summed E-state index contributed by atoms with van der Waals surface area (Å²) < 4.78 is 16.2. The first-order valence-electron chi connectivity index (χ1n) is 11.1. The summed E-state index contributed by atoms with van der Waals surface area (Å²) in [6.07, 6.45) is 1.35. The van der Waals surface area contributed by atoms with E-state index in [2.05, 4.69) is 15.2 Å². The number of para-hydroxylation sites is 1. The number of anilines is 1. The molecule has 34 heavy (non-hydrogen) atoms. The molecule has 1 aromatic heterocycles. The number of hydrazone groups is 1. The van der Waals surface area contributed by atoms with E-state index in [-0.39, 0.29) is 43.5 Å². The van der Waals surface area contributed by atoms with Crippen molar-refractivity contribution in [1.82, 2.24) is 15.1 Å². The molecule has 3 aromatic rings. The van der Waals surface area contributed by atoms with Crippen molar-refractivity contribution >= 4 is 23.2 Å². The first-order chi connectivity index (χ1) is 16.6. The van der Waals surface area contributed by atoms with E-state index in [4.69, 9.17) is 14.0 Å². The summed E-state index contributed by atoms with van der Waals surface area (Å²) in [7, 11) is 0. The number of rotatable bonds is 4. The van der Waals surface area contributed by atoms with Crippen molar-refractivity contribution in [2.45, 2.75) is 32.2 Å². The normalized spacial score (nSPS) is 18.8. The number of carbonyl (C=O) groups is 2. The molecule has 3 aliphatic heterocycles. The van der Waals surface area contributed by atoms with Crippen molar-refractivity contribution in [2.24, 2.45) is 5.10 Å². The molecule has 0 radical (unpaired) electrons. The van der Waals surface area contributed by atoms with E-state index in [0.29, 0.717) is 35.0 Å². The third kappa shape index (κ3) is 3.47. The number of fused-ring (bicyclic) bond motifs is 2. The smallest absolute Gasteiger partial charge is 0.274 e. The summed E-state index contributed by atoms with van der Waals surface area (Å²) in [5.74, 6) is 1.48.